The van der Waals surface area contributed by atoms with Crippen LogP contribution in [-0.2, 0) is 14.3 Å². The molecule has 0 spiro atoms. The fourth-order valence-electron chi connectivity index (χ4n) is 2.27. The number of carbonyl (C=O) groups is 2. The van der Waals surface area contributed by atoms with Crippen LogP contribution in [0.15, 0.2) is 4.99 Å². The van der Waals surface area contributed by atoms with Crippen LogP contribution in [0.25, 0.3) is 0 Å². The molecule has 114 valence electrons. The Morgan fingerprint density at radius 3 is 2.70 bits per heavy atom. The first kappa shape index (κ1) is 16.5. The van der Waals surface area contributed by atoms with Gasteiger partial charge in [0.15, 0.2) is 6.04 Å². The number of carboxylic acids is 2. The summed E-state index contributed by atoms with van der Waals surface area (Å²) in [7, 11) is 1.47. The van der Waals surface area contributed by atoms with Gasteiger partial charge in [0.2, 0.25) is 0 Å². The van der Waals surface area contributed by atoms with Crippen molar-refractivity contribution in [3.63, 3.8) is 0 Å². The molecule has 3 atom stereocenters. The van der Waals surface area contributed by atoms with Crippen molar-refractivity contribution in [2.75, 3.05) is 20.3 Å². The van der Waals surface area contributed by atoms with E-state index in [1.807, 2.05) is 0 Å². The first-order valence-corrected chi connectivity index (χ1v) is 6.37. The van der Waals surface area contributed by atoms with Crippen molar-refractivity contribution in [1.82, 2.24) is 5.32 Å². The zero-order valence-corrected chi connectivity index (χ0v) is 11.3. The summed E-state index contributed by atoms with van der Waals surface area (Å²) in [5, 5.41) is 29.4. The lowest BCUT2D eigenvalue weighted by Gasteiger charge is -2.32. The Bertz CT molecular complexity index is 384. The molecule has 0 aromatic heterocycles. The van der Waals surface area contributed by atoms with Crippen LogP contribution in [0.2, 0.25) is 0 Å². The van der Waals surface area contributed by atoms with Crippen LogP contribution in [0.5, 0.6) is 0 Å². The summed E-state index contributed by atoms with van der Waals surface area (Å²) in [6.07, 6.45) is 1.58. The van der Waals surface area contributed by atoms with Gasteiger partial charge in [0.05, 0.1) is 13.2 Å². The van der Waals surface area contributed by atoms with Gasteiger partial charge in [0, 0.05) is 18.9 Å². The van der Waals surface area contributed by atoms with E-state index in [9.17, 15) is 9.59 Å². The highest BCUT2D eigenvalue weighted by Crippen LogP contribution is 2.20. The summed E-state index contributed by atoms with van der Waals surface area (Å²) in [5.74, 6) is -2.17. The van der Waals surface area contributed by atoms with Crippen molar-refractivity contribution < 1.29 is 29.6 Å². The SMILES string of the molecule is COC1C(=NC(CO)C(=O)O)CCCC1NCC(=O)O. The molecule has 1 aliphatic rings. The summed E-state index contributed by atoms with van der Waals surface area (Å²) in [4.78, 5) is 25.5. The molecule has 1 fully saturated rings. The van der Waals surface area contributed by atoms with Gasteiger partial charge in [0.1, 0.15) is 6.10 Å². The third-order valence-electron chi connectivity index (χ3n) is 3.19. The lowest BCUT2D eigenvalue weighted by Crippen LogP contribution is -2.50. The maximum absolute atomic E-state index is 10.9. The highest BCUT2D eigenvalue weighted by atomic mass is 16.5. The van der Waals surface area contributed by atoms with Crippen LogP contribution in [0.1, 0.15) is 19.3 Å². The first-order chi connectivity index (χ1) is 9.49. The minimum absolute atomic E-state index is 0.194. The van der Waals surface area contributed by atoms with Gasteiger partial charge in [-0.25, -0.2) is 4.79 Å². The minimum Gasteiger partial charge on any atom is -0.480 e. The van der Waals surface area contributed by atoms with Gasteiger partial charge in [-0.1, -0.05) is 0 Å². The van der Waals surface area contributed by atoms with Gasteiger partial charge >= 0.3 is 11.9 Å². The van der Waals surface area contributed by atoms with Crippen molar-refractivity contribution in [2.45, 2.75) is 37.5 Å². The van der Waals surface area contributed by atoms with Crippen LogP contribution < -0.4 is 5.32 Å². The Morgan fingerprint density at radius 2 is 2.20 bits per heavy atom. The molecular formula is C12H20N2O6. The van der Waals surface area contributed by atoms with Gasteiger partial charge in [-0.3, -0.25) is 9.79 Å². The van der Waals surface area contributed by atoms with E-state index in [1.54, 1.807) is 0 Å². The molecule has 0 aromatic rings. The van der Waals surface area contributed by atoms with E-state index in [4.69, 9.17) is 20.1 Å². The fraction of sp³-hybridized carbons (Fsp3) is 0.750. The van der Waals surface area contributed by atoms with E-state index in [1.165, 1.54) is 7.11 Å². The molecule has 20 heavy (non-hydrogen) atoms. The van der Waals surface area contributed by atoms with Gasteiger partial charge in [-0.15, -0.1) is 0 Å². The molecule has 1 saturated carbocycles. The van der Waals surface area contributed by atoms with E-state index in [0.29, 0.717) is 12.1 Å². The lowest BCUT2D eigenvalue weighted by molar-refractivity contribution is -0.139. The third kappa shape index (κ3) is 4.55. The second-order valence-electron chi connectivity index (χ2n) is 4.59. The number of ether oxygens (including phenoxy) is 1. The standard InChI is InChI=1S/C12H20N2O6/c1-20-11-7(13-5-10(16)17)3-2-4-8(11)14-9(6-15)12(18)19/h7,9,11,13,15H,2-6H2,1H3,(H,16,17)(H,18,19). The molecule has 8 nitrogen and oxygen atoms in total. The predicted octanol–water partition coefficient (Wildman–Crippen LogP) is -0.885. The van der Waals surface area contributed by atoms with Crippen molar-refractivity contribution in [2.24, 2.45) is 4.99 Å². The van der Waals surface area contributed by atoms with E-state index in [-0.39, 0.29) is 12.6 Å². The van der Waals surface area contributed by atoms with E-state index in [0.717, 1.165) is 12.8 Å². The van der Waals surface area contributed by atoms with Crippen molar-refractivity contribution >= 4 is 17.7 Å². The molecule has 0 aromatic carbocycles. The van der Waals surface area contributed by atoms with Crippen molar-refractivity contribution in [1.29, 1.82) is 0 Å². The van der Waals surface area contributed by atoms with Crippen molar-refractivity contribution in [3.05, 3.63) is 0 Å². The Labute approximate surface area is 116 Å². The number of aliphatic hydroxyl groups excluding tert-OH is 1. The number of carboxylic acid groups (broad SMARTS) is 2. The molecule has 4 N–H and O–H groups in total. The number of rotatable bonds is 7. The van der Waals surface area contributed by atoms with E-state index in [2.05, 4.69) is 10.3 Å². The number of hydrogen-bond acceptors (Lipinski definition) is 6. The number of nitrogens with one attached hydrogen (secondary N) is 1. The maximum atomic E-state index is 10.9. The average molecular weight is 288 g/mol. The quantitative estimate of drug-likeness (QED) is 0.478. The second-order valence-corrected chi connectivity index (χ2v) is 4.59. The fourth-order valence-corrected chi connectivity index (χ4v) is 2.27. The Morgan fingerprint density at radius 1 is 1.50 bits per heavy atom. The Hall–Kier alpha value is -1.51. The molecule has 0 aliphatic heterocycles. The van der Waals surface area contributed by atoms with Crippen molar-refractivity contribution in [3.8, 4) is 0 Å². The predicted molar refractivity (Wildman–Crippen MR) is 70.0 cm³/mol. The summed E-state index contributed by atoms with van der Waals surface area (Å²) in [6.45, 7) is -0.775. The smallest absolute Gasteiger partial charge is 0.330 e. The summed E-state index contributed by atoms with van der Waals surface area (Å²) in [5.41, 5.74) is 0.545. The number of nitrogens with zero attached hydrogens (tertiary/aromatic N) is 1. The van der Waals surface area contributed by atoms with Crippen LogP contribution >= 0.6 is 0 Å². The molecule has 0 amide bonds. The Kier molecular flexibility index (Phi) is 6.56. The highest BCUT2D eigenvalue weighted by molar-refractivity contribution is 5.92. The summed E-state index contributed by atoms with van der Waals surface area (Å²) in [6, 6.07) is -1.43. The second kappa shape index (κ2) is 7.93. The monoisotopic (exact) mass is 288 g/mol. The number of aliphatic carboxylic acids is 2. The minimum atomic E-state index is -1.21. The summed E-state index contributed by atoms with van der Waals surface area (Å²) >= 11 is 0. The van der Waals surface area contributed by atoms with Gasteiger partial charge < -0.3 is 25.4 Å². The third-order valence-corrected chi connectivity index (χ3v) is 3.19. The molecule has 0 saturated heterocycles. The van der Waals surface area contributed by atoms with Gasteiger partial charge in [0.25, 0.3) is 0 Å². The van der Waals surface area contributed by atoms with Crippen LogP contribution in [0.3, 0.4) is 0 Å². The topological polar surface area (TPSA) is 128 Å². The number of aliphatic imine (C=N–C) groups is 1. The molecule has 1 aliphatic carbocycles. The molecule has 0 heterocycles. The zero-order chi connectivity index (χ0) is 15.1. The Balaban J connectivity index is 2.81. The number of hydrogen-bond donors (Lipinski definition) is 4. The molecule has 0 radical (unpaired) electrons. The van der Waals surface area contributed by atoms with Crippen LogP contribution in [-0.4, -0.2) is 71.4 Å². The van der Waals surface area contributed by atoms with Gasteiger partial charge in [-0.2, -0.15) is 0 Å². The normalized spacial score (nSPS) is 26.4. The highest BCUT2D eigenvalue weighted by Gasteiger charge is 2.31. The number of methoxy groups -OCH3 is 1. The van der Waals surface area contributed by atoms with Crippen LogP contribution in [0, 0.1) is 0 Å². The van der Waals surface area contributed by atoms with Gasteiger partial charge in [-0.05, 0) is 19.3 Å². The largest absolute Gasteiger partial charge is 0.480 e. The molecule has 8 heteroatoms. The summed E-state index contributed by atoms with van der Waals surface area (Å²) < 4.78 is 5.31. The van der Waals surface area contributed by atoms with E-state index < -0.39 is 30.7 Å². The van der Waals surface area contributed by atoms with E-state index >= 15 is 0 Å². The first-order valence-electron chi connectivity index (χ1n) is 6.37. The lowest BCUT2D eigenvalue weighted by atomic mass is 9.90. The maximum Gasteiger partial charge on any atom is 0.330 e. The molecule has 3 unspecified atom stereocenters. The molecule has 0 bridgehead atoms. The molecule has 1 rings (SSSR count). The zero-order valence-electron chi connectivity index (χ0n) is 11.3. The molecular weight excluding hydrogens is 268 g/mol. The van der Waals surface area contributed by atoms with Crippen LogP contribution in [0.4, 0.5) is 0 Å². The number of aliphatic hydroxyl groups is 1. The average Bonchev–Trinajstić information content (AvgIpc) is 2.41.